The summed E-state index contributed by atoms with van der Waals surface area (Å²) in [7, 11) is 3.15. The fourth-order valence-corrected chi connectivity index (χ4v) is 2.91. The van der Waals surface area contributed by atoms with Gasteiger partial charge in [0.15, 0.2) is 5.76 Å². The minimum absolute atomic E-state index is 0.190. The summed E-state index contributed by atoms with van der Waals surface area (Å²) in [5, 5.41) is 6.95. The maximum absolute atomic E-state index is 12.7. The molecule has 0 atom stereocenters. The van der Waals surface area contributed by atoms with Crippen molar-refractivity contribution in [2.45, 2.75) is 27.2 Å². The maximum atomic E-state index is 12.7. The van der Waals surface area contributed by atoms with Crippen LogP contribution in [-0.4, -0.2) is 56.4 Å². The van der Waals surface area contributed by atoms with Crippen LogP contribution >= 0.6 is 0 Å². The Morgan fingerprint density at radius 3 is 2.33 bits per heavy atom. The van der Waals surface area contributed by atoms with Crippen molar-refractivity contribution >= 4 is 5.91 Å². The number of benzene rings is 1. The average molecular weight is 375 g/mol. The van der Waals surface area contributed by atoms with Gasteiger partial charge in [-0.25, -0.2) is 0 Å². The Labute approximate surface area is 160 Å². The highest BCUT2D eigenvalue weighted by molar-refractivity contribution is 6.00. The van der Waals surface area contributed by atoms with Gasteiger partial charge < -0.3 is 24.2 Å². The maximum Gasteiger partial charge on any atom is 0.257 e. The van der Waals surface area contributed by atoms with Gasteiger partial charge in [-0.2, -0.15) is 0 Å². The molecule has 1 aromatic heterocycles. The molecule has 148 valence electrons. The van der Waals surface area contributed by atoms with Crippen LogP contribution in [0.15, 0.2) is 22.7 Å². The van der Waals surface area contributed by atoms with Crippen molar-refractivity contribution in [3.63, 3.8) is 0 Å². The molecule has 0 fully saturated rings. The van der Waals surface area contributed by atoms with Crippen molar-refractivity contribution in [1.29, 1.82) is 0 Å². The molecule has 0 bridgehead atoms. The first-order valence-electron chi connectivity index (χ1n) is 9.24. The molecule has 0 saturated carbocycles. The van der Waals surface area contributed by atoms with Crippen molar-refractivity contribution in [3.8, 4) is 22.8 Å². The highest BCUT2D eigenvalue weighted by atomic mass is 16.5. The first kappa shape index (κ1) is 20.8. The molecule has 0 aliphatic carbocycles. The second kappa shape index (κ2) is 9.97. The third kappa shape index (κ3) is 5.23. The Bertz CT molecular complexity index is 731. The zero-order valence-corrected chi connectivity index (χ0v) is 16.8. The fraction of sp³-hybridized carbons (Fsp3) is 0.500. The Kier molecular flexibility index (Phi) is 7.67. The van der Waals surface area contributed by atoms with Crippen molar-refractivity contribution in [2.75, 3.05) is 40.4 Å². The van der Waals surface area contributed by atoms with Gasteiger partial charge in [0.05, 0.1) is 19.9 Å². The number of carbonyl (C=O) groups excluding carboxylic acids is 1. The molecule has 27 heavy (non-hydrogen) atoms. The molecular formula is C20H29N3O4. The van der Waals surface area contributed by atoms with E-state index in [1.54, 1.807) is 39.3 Å². The number of ether oxygens (including phenoxy) is 2. The van der Waals surface area contributed by atoms with Crippen molar-refractivity contribution in [1.82, 2.24) is 15.4 Å². The second-order valence-corrected chi connectivity index (χ2v) is 6.21. The van der Waals surface area contributed by atoms with Gasteiger partial charge in [-0.1, -0.05) is 19.0 Å². The van der Waals surface area contributed by atoms with Crippen LogP contribution in [0, 0.1) is 6.92 Å². The van der Waals surface area contributed by atoms with Gasteiger partial charge in [0.1, 0.15) is 17.1 Å². The van der Waals surface area contributed by atoms with Crippen LogP contribution in [0.4, 0.5) is 0 Å². The number of nitrogens with zero attached hydrogens (tertiary/aromatic N) is 2. The van der Waals surface area contributed by atoms with Crippen LogP contribution < -0.4 is 14.8 Å². The lowest BCUT2D eigenvalue weighted by Gasteiger charge is -2.17. The van der Waals surface area contributed by atoms with Crippen LogP contribution in [0.5, 0.6) is 11.5 Å². The molecule has 0 unspecified atom stereocenters. The number of hydrogen-bond acceptors (Lipinski definition) is 6. The minimum Gasteiger partial charge on any atom is -0.497 e. The summed E-state index contributed by atoms with van der Waals surface area (Å²) >= 11 is 0. The number of aromatic nitrogens is 1. The van der Waals surface area contributed by atoms with Crippen molar-refractivity contribution in [2.24, 2.45) is 0 Å². The van der Waals surface area contributed by atoms with E-state index in [0.29, 0.717) is 40.6 Å². The summed E-state index contributed by atoms with van der Waals surface area (Å²) < 4.78 is 16.1. The van der Waals surface area contributed by atoms with Gasteiger partial charge in [0.25, 0.3) is 5.91 Å². The van der Waals surface area contributed by atoms with E-state index in [2.05, 4.69) is 29.2 Å². The van der Waals surface area contributed by atoms with E-state index in [-0.39, 0.29) is 5.91 Å². The van der Waals surface area contributed by atoms with Gasteiger partial charge in [-0.15, -0.1) is 0 Å². The summed E-state index contributed by atoms with van der Waals surface area (Å²) in [6, 6.07) is 5.35. The van der Waals surface area contributed by atoms with Crippen LogP contribution in [0.3, 0.4) is 0 Å². The van der Waals surface area contributed by atoms with Gasteiger partial charge in [0, 0.05) is 18.2 Å². The normalized spacial score (nSPS) is 10.9. The molecule has 1 heterocycles. The predicted molar refractivity (Wildman–Crippen MR) is 105 cm³/mol. The second-order valence-electron chi connectivity index (χ2n) is 6.21. The minimum atomic E-state index is -0.190. The van der Waals surface area contributed by atoms with E-state index in [1.807, 2.05) is 0 Å². The molecule has 0 spiro atoms. The van der Waals surface area contributed by atoms with E-state index in [1.165, 1.54) is 0 Å². The first-order valence-corrected chi connectivity index (χ1v) is 9.24. The largest absolute Gasteiger partial charge is 0.497 e. The van der Waals surface area contributed by atoms with Crippen LogP contribution in [0.25, 0.3) is 11.3 Å². The smallest absolute Gasteiger partial charge is 0.257 e. The molecular weight excluding hydrogens is 346 g/mol. The number of hydrogen-bond donors (Lipinski definition) is 1. The zero-order chi connectivity index (χ0) is 19.8. The highest BCUT2D eigenvalue weighted by Crippen LogP contribution is 2.32. The monoisotopic (exact) mass is 375 g/mol. The number of amides is 1. The average Bonchev–Trinajstić information content (AvgIpc) is 3.09. The molecule has 0 aliphatic rings. The van der Waals surface area contributed by atoms with Crippen LogP contribution in [-0.2, 0) is 0 Å². The summed E-state index contributed by atoms with van der Waals surface area (Å²) in [4.78, 5) is 15.1. The lowest BCUT2D eigenvalue weighted by atomic mass is 10.1. The summed E-state index contributed by atoms with van der Waals surface area (Å²) in [5.74, 6) is 1.45. The summed E-state index contributed by atoms with van der Waals surface area (Å²) in [6.07, 6.45) is 0.889. The first-order chi connectivity index (χ1) is 13.0. The number of nitrogens with one attached hydrogen (secondary N) is 1. The molecule has 1 aromatic carbocycles. The van der Waals surface area contributed by atoms with E-state index in [0.717, 1.165) is 26.1 Å². The van der Waals surface area contributed by atoms with E-state index < -0.39 is 0 Å². The number of rotatable bonds is 10. The van der Waals surface area contributed by atoms with Gasteiger partial charge in [-0.05, 0) is 45.1 Å². The van der Waals surface area contributed by atoms with E-state index in [4.69, 9.17) is 14.0 Å². The van der Waals surface area contributed by atoms with Gasteiger partial charge >= 0.3 is 0 Å². The molecule has 0 radical (unpaired) electrons. The quantitative estimate of drug-likeness (QED) is 0.643. The van der Waals surface area contributed by atoms with Gasteiger partial charge in [0.2, 0.25) is 0 Å². The Balaban J connectivity index is 2.15. The molecule has 7 heteroatoms. The third-order valence-electron chi connectivity index (χ3n) is 4.53. The zero-order valence-electron chi connectivity index (χ0n) is 16.8. The number of carbonyl (C=O) groups is 1. The fourth-order valence-electron chi connectivity index (χ4n) is 2.91. The predicted octanol–water partition coefficient (Wildman–Crippen LogP) is 3.13. The summed E-state index contributed by atoms with van der Waals surface area (Å²) in [6.45, 7) is 9.61. The van der Waals surface area contributed by atoms with Gasteiger partial charge in [-0.3, -0.25) is 4.79 Å². The topological polar surface area (TPSA) is 76.8 Å². The molecule has 1 amide bonds. The molecule has 0 saturated heterocycles. The Morgan fingerprint density at radius 1 is 1.15 bits per heavy atom. The molecule has 0 aliphatic heterocycles. The van der Waals surface area contributed by atoms with Crippen LogP contribution in [0.2, 0.25) is 0 Å². The summed E-state index contributed by atoms with van der Waals surface area (Å²) in [5.41, 5.74) is 1.67. The third-order valence-corrected chi connectivity index (χ3v) is 4.53. The number of methoxy groups -OCH3 is 2. The van der Waals surface area contributed by atoms with Crippen LogP contribution in [0.1, 0.15) is 36.3 Å². The molecule has 7 nitrogen and oxygen atoms in total. The van der Waals surface area contributed by atoms with Crippen molar-refractivity contribution < 1.29 is 18.8 Å². The molecule has 2 aromatic rings. The lowest BCUT2D eigenvalue weighted by molar-refractivity contribution is 0.0951. The lowest BCUT2D eigenvalue weighted by Crippen LogP contribution is -2.30. The Hall–Kier alpha value is -2.54. The van der Waals surface area contributed by atoms with Crippen molar-refractivity contribution in [3.05, 3.63) is 29.5 Å². The molecule has 1 N–H and O–H groups in total. The molecule has 2 rings (SSSR count). The number of aryl methyl sites for hydroxylation is 1. The van der Waals surface area contributed by atoms with E-state index >= 15 is 0 Å². The standard InChI is InChI=1S/C20H29N3O4/c1-6-23(7-2)10-8-9-21-20(24)18-14(3)22-27-19(18)15-11-16(25-4)13-17(12-15)26-5/h11-13H,6-10H2,1-5H3,(H,21,24). The SMILES string of the molecule is CCN(CC)CCCNC(=O)c1c(C)noc1-c1cc(OC)cc(OC)c1. The van der Waals surface area contributed by atoms with E-state index in [9.17, 15) is 4.79 Å². The highest BCUT2D eigenvalue weighted by Gasteiger charge is 2.22. The Morgan fingerprint density at radius 2 is 1.78 bits per heavy atom.